The van der Waals surface area contributed by atoms with Crippen molar-refractivity contribution in [2.75, 3.05) is 24.6 Å². The monoisotopic (exact) mass is 304 g/mol. The summed E-state index contributed by atoms with van der Waals surface area (Å²) in [6, 6.07) is 10.3. The van der Waals surface area contributed by atoms with Crippen molar-refractivity contribution in [3.05, 3.63) is 35.9 Å². The Morgan fingerprint density at radius 3 is 2.95 bits per heavy atom. The molecule has 2 heterocycles. The summed E-state index contributed by atoms with van der Waals surface area (Å²) in [4.78, 5) is 7.10. The highest BCUT2D eigenvalue weighted by molar-refractivity contribution is 6.18. The van der Waals surface area contributed by atoms with E-state index in [-0.39, 0.29) is 0 Å². The molecule has 0 spiro atoms. The van der Waals surface area contributed by atoms with Gasteiger partial charge in [0.05, 0.1) is 11.6 Å². The number of likely N-dealkylation sites (N-methyl/N-ethyl adjacent to an activating group) is 1. The van der Waals surface area contributed by atoms with E-state index in [0.717, 1.165) is 48.4 Å². The van der Waals surface area contributed by atoms with Crippen LogP contribution in [0.25, 0.3) is 10.9 Å². The fraction of sp³-hybridized carbons (Fsp3) is 0.471. The van der Waals surface area contributed by atoms with E-state index < -0.39 is 0 Å². The zero-order chi connectivity index (χ0) is 14.7. The number of pyridine rings is 1. The largest absolute Gasteiger partial charge is 0.376 e. The van der Waals surface area contributed by atoms with Gasteiger partial charge in [-0.05, 0) is 37.5 Å². The zero-order valence-corrected chi connectivity index (χ0v) is 13.1. The smallest absolute Gasteiger partial charge is 0.129 e. The maximum atomic E-state index is 6.13. The number of benzene rings is 1. The van der Waals surface area contributed by atoms with E-state index in [1.54, 1.807) is 0 Å². The zero-order valence-electron chi connectivity index (χ0n) is 12.4. The molecule has 1 atom stereocenters. The van der Waals surface area contributed by atoms with Crippen LogP contribution in [0.1, 0.15) is 25.3 Å². The van der Waals surface area contributed by atoms with Gasteiger partial charge in [0.2, 0.25) is 0 Å². The maximum absolute atomic E-state index is 6.13. The summed E-state index contributed by atoms with van der Waals surface area (Å²) in [5, 5.41) is 1.14. The number of ether oxygens (including phenoxy) is 1. The number of anilines is 1. The van der Waals surface area contributed by atoms with E-state index in [4.69, 9.17) is 21.3 Å². The van der Waals surface area contributed by atoms with Crippen molar-refractivity contribution < 1.29 is 4.74 Å². The molecule has 1 fully saturated rings. The van der Waals surface area contributed by atoms with E-state index in [1.807, 2.05) is 12.1 Å². The topological polar surface area (TPSA) is 25.4 Å². The third-order valence-electron chi connectivity index (χ3n) is 4.09. The van der Waals surface area contributed by atoms with Crippen LogP contribution in [0, 0.1) is 0 Å². The van der Waals surface area contributed by atoms with Crippen molar-refractivity contribution in [1.29, 1.82) is 0 Å². The lowest BCUT2D eigenvalue weighted by atomic mass is 10.1. The SMILES string of the molecule is CCN(CC1CCCO1)c1cc(CCl)c2ccccc2n1. The molecular weight excluding hydrogens is 284 g/mol. The standard InChI is InChI=1S/C17H21ClN2O/c1-2-20(12-14-6-5-9-21-14)17-10-13(11-18)15-7-3-4-8-16(15)19-17/h3-4,7-8,10,14H,2,5-6,9,11-12H2,1H3. The molecule has 0 N–H and O–H groups in total. The Hall–Kier alpha value is -1.32. The number of rotatable bonds is 5. The number of halogens is 1. The fourth-order valence-corrected chi connectivity index (χ4v) is 3.14. The highest BCUT2D eigenvalue weighted by Crippen LogP contribution is 2.25. The van der Waals surface area contributed by atoms with Crippen molar-refractivity contribution in [2.24, 2.45) is 0 Å². The number of aromatic nitrogens is 1. The van der Waals surface area contributed by atoms with Gasteiger partial charge in [-0.15, -0.1) is 11.6 Å². The molecule has 0 amide bonds. The van der Waals surface area contributed by atoms with Gasteiger partial charge in [-0.25, -0.2) is 4.98 Å². The lowest BCUT2D eigenvalue weighted by molar-refractivity contribution is 0.115. The predicted molar refractivity (Wildman–Crippen MR) is 88.2 cm³/mol. The summed E-state index contributed by atoms with van der Waals surface area (Å²) in [5.41, 5.74) is 2.15. The second kappa shape index (κ2) is 6.63. The molecule has 0 bridgehead atoms. The molecule has 1 unspecified atom stereocenters. The van der Waals surface area contributed by atoms with Crippen LogP contribution in [0.5, 0.6) is 0 Å². The van der Waals surface area contributed by atoms with Gasteiger partial charge in [0.25, 0.3) is 0 Å². The van der Waals surface area contributed by atoms with Gasteiger partial charge in [-0.1, -0.05) is 18.2 Å². The first-order chi connectivity index (χ1) is 10.3. The highest BCUT2D eigenvalue weighted by Gasteiger charge is 2.20. The maximum Gasteiger partial charge on any atom is 0.129 e. The van der Waals surface area contributed by atoms with E-state index in [9.17, 15) is 0 Å². The molecule has 0 saturated carbocycles. The van der Waals surface area contributed by atoms with Crippen LogP contribution < -0.4 is 4.90 Å². The lowest BCUT2D eigenvalue weighted by Crippen LogP contribution is -2.32. The van der Waals surface area contributed by atoms with Gasteiger partial charge in [0, 0.05) is 31.0 Å². The Bertz CT molecular complexity index is 611. The second-order valence-corrected chi connectivity index (χ2v) is 5.73. The second-order valence-electron chi connectivity index (χ2n) is 5.46. The van der Waals surface area contributed by atoms with Crippen molar-refractivity contribution in [3.8, 4) is 0 Å². The van der Waals surface area contributed by atoms with E-state index in [2.05, 4.69) is 30.0 Å². The highest BCUT2D eigenvalue weighted by atomic mass is 35.5. The minimum Gasteiger partial charge on any atom is -0.376 e. The van der Waals surface area contributed by atoms with Crippen LogP contribution in [0.3, 0.4) is 0 Å². The Balaban J connectivity index is 1.93. The van der Waals surface area contributed by atoms with Gasteiger partial charge >= 0.3 is 0 Å². The number of hydrogen-bond acceptors (Lipinski definition) is 3. The Morgan fingerprint density at radius 2 is 2.24 bits per heavy atom. The molecule has 1 saturated heterocycles. The number of fused-ring (bicyclic) bond motifs is 1. The molecule has 0 radical (unpaired) electrons. The Labute approximate surface area is 130 Å². The summed E-state index contributed by atoms with van der Waals surface area (Å²) in [6.07, 6.45) is 2.64. The first-order valence-corrected chi connectivity index (χ1v) is 8.16. The molecule has 1 aromatic heterocycles. The number of nitrogens with zero attached hydrogens (tertiary/aromatic N) is 2. The van der Waals surface area contributed by atoms with Gasteiger partial charge in [-0.3, -0.25) is 0 Å². The third-order valence-corrected chi connectivity index (χ3v) is 4.37. The number of hydrogen-bond donors (Lipinski definition) is 0. The molecule has 3 rings (SSSR count). The molecule has 1 aromatic carbocycles. The molecule has 2 aromatic rings. The van der Waals surface area contributed by atoms with Gasteiger partial charge in [0.15, 0.2) is 0 Å². The summed E-state index contributed by atoms with van der Waals surface area (Å²) in [6.45, 7) is 4.88. The minimum absolute atomic E-state index is 0.331. The van der Waals surface area contributed by atoms with E-state index in [0.29, 0.717) is 12.0 Å². The summed E-state index contributed by atoms with van der Waals surface area (Å²) in [7, 11) is 0. The molecule has 112 valence electrons. The van der Waals surface area contributed by atoms with Crippen LogP contribution >= 0.6 is 11.6 Å². The van der Waals surface area contributed by atoms with Crippen LogP contribution in [0.4, 0.5) is 5.82 Å². The summed E-state index contributed by atoms with van der Waals surface area (Å²) >= 11 is 6.13. The van der Waals surface area contributed by atoms with Crippen LogP contribution in [-0.4, -0.2) is 30.8 Å². The van der Waals surface area contributed by atoms with E-state index >= 15 is 0 Å². The number of para-hydroxylation sites is 1. The minimum atomic E-state index is 0.331. The van der Waals surface area contributed by atoms with Crippen molar-refractivity contribution in [2.45, 2.75) is 31.7 Å². The predicted octanol–water partition coefficient (Wildman–Crippen LogP) is 3.98. The van der Waals surface area contributed by atoms with Crippen molar-refractivity contribution in [3.63, 3.8) is 0 Å². The molecule has 1 aliphatic heterocycles. The van der Waals surface area contributed by atoms with Crippen LogP contribution in [0.2, 0.25) is 0 Å². The summed E-state index contributed by atoms with van der Waals surface area (Å²) in [5.74, 6) is 1.51. The molecule has 1 aliphatic rings. The normalized spacial score (nSPS) is 18.3. The van der Waals surface area contributed by atoms with Gasteiger partial charge in [0.1, 0.15) is 5.82 Å². The third kappa shape index (κ3) is 3.14. The molecule has 0 aliphatic carbocycles. The average Bonchev–Trinajstić information content (AvgIpc) is 3.04. The first-order valence-electron chi connectivity index (χ1n) is 7.63. The molecule has 3 nitrogen and oxygen atoms in total. The number of alkyl halides is 1. The Morgan fingerprint density at radius 1 is 1.38 bits per heavy atom. The quantitative estimate of drug-likeness (QED) is 0.781. The fourth-order valence-electron chi connectivity index (χ4n) is 2.92. The first kappa shape index (κ1) is 14.6. The average molecular weight is 305 g/mol. The van der Waals surface area contributed by atoms with Crippen molar-refractivity contribution in [1.82, 2.24) is 4.98 Å². The molecule has 4 heteroatoms. The molecular formula is C17H21ClN2O. The van der Waals surface area contributed by atoms with Crippen LogP contribution in [-0.2, 0) is 10.6 Å². The van der Waals surface area contributed by atoms with E-state index in [1.165, 1.54) is 6.42 Å². The van der Waals surface area contributed by atoms with Gasteiger partial charge < -0.3 is 9.64 Å². The van der Waals surface area contributed by atoms with Crippen LogP contribution in [0.15, 0.2) is 30.3 Å². The van der Waals surface area contributed by atoms with Gasteiger partial charge in [-0.2, -0.15) is 0 Å². The van der Waals surface area contributed by atoms with Crippen molar-refractivity contribution >= 4 is 28.3 Å². The Kier molecular flexibility index (Phi) is 4.61. The summed E-state index contributed by atoms with van der Waals surface area (Å²) < 4.78 is 5.76. The lowest BCUT2D eigenvalue weighted by Gasteiger charge is -2.25. The molecule has 21 heavy (non-hydrogen) atoms.